The van der Waals surface area contributed by atoms with E-state index in [0.717, 1.165) is 4.88 Å². The molecule has 0 aromatic carbocycles. The highest BCUT2D eigenvalue weighted by Crippen LogP contribution is 2.13. The van der Waals surface area contributed by atoms with Crippen LogP contribution in [0, 0.1) is 0 Å². The lowest BCUT2D eigenvalue weighted by atomic mass is 10.2. The van der Waals surface area contributed by atoms with Gasteiger partial charge in [0.1, 0.15) is 5.82 Å². The number of anilines is 1. The summed E-state index contributed by atoms with van der Waals surface area (Å²) in [4.78, 5) is 17.5. The normalized spacial score (nSPS) is 10.5. The summed E-state index contributed by atoms with van der Waals surface area (Å²) in [5, 5.41) is 8.08. The van der Waals surface area contributed by atoms with Crippen molar-refractivity contribution in [2.24, 2.45) is 0 Å². The van der Waals surface area contributed by atoms with Crippen LogP contribution in [0.5, 0.6) is 0 Å². The average molecular weight is 275 g/mol. The Balaban J connectivity index is 2.06. The van der Waals surface area contributed by atoms with E-state index in [1.807, 2.05) is 31.4 Å². The van der Waals surface area contributed by atoms with Crippen molar-refractivity contribution in [1.29, 1.82) is 0 Å². The van der Waals surface area contributed by atoms with Crippen LogP contribution in [-0.4, -0.2) is 16.9 Å². The van der Waals surface area contributed by atoms with E-state index in [-0.39, 0.29) is 11.9 Å². The van der Waals surface area contributed by atoms with Crippen molar-refractivity contribution in [3.05, 3.63) is 46.3 Å². The molecule has 1 amide bonds. The van der Waals surface area contributed by atoms with E-state index in [2.05, 4.69) is 15.6 Å². The molecule has 0 saturated carbocycles. The van der Waals surface area contributed by atoms with Crippen LogP contribution < -0.4 is 10.6 Å². The van der Waals surface area contributed by atoms with Gasteiger partial charge in [-0.1, -0.05) is 6.07 Å². The highest BCUT2D eigenvalue weighted by atomic mass is 32.1. The summed E-state index contributed by atoms with van der Waals surface area (Å²) in [6.07, 6.45) is 1.68. The lowest BCUT2D eigenvalue weighted by molar-refractivity contribution is 0.0952. The van der Waals surface area contributed by atoms with Crippen molar-refractivity contribution >= 4 is 23.1 Å². The maximum absolute atomic E-state index is 12.2. The molecule has 100 valence electrons. The van der Waals surface area contributed by atoms with Gasteiger partial charge in [0.05, 0.1) is 12.1 Å². The summed E-state index contributed by atoms with van der Waals surface area (Å²) in [5.74, 6) is 0.519. The molecule has 0 aliphatic carbocycles. The van der Waals surface area contributed by atoms with Crippen molar-refractivity contribution < 1.29 is 4.79 Å². The molecule has 0 fully saturated rings. The summed E-state index contributed by atoms with van der Waals surface area (Å²) in [6.45, 7) is 4.58. The van der Waals surface area contributed by atoms with Crippen molar-refractivity contribution in [3.8, 4) is 0 Å². The van der Waals surface area contributed by atoms with Crippen LogP contribution >= 0.6 is 11.3 Å². The number of amides is 1. The molecular weight excluding hydrogens is 258 g/mol. The first-order valence-electron chi connectivity index (χ1n) is 6.19. The second-order valence-electron chi connectivity index (χ2n) is 4.46. The number of thiophene rings is 1. The number of pyridine rings is 1. The highest BCUT2D eigenvalue weighted by Gasteiger charge is 2.12. The third-order valence-corrected chi connectivity index (χ3v) is 3.36. The fourth-order valence-electron chi connectivity index (χ4n) is 1.65. The molecule has 5 heteroatoms. The van der Waals surface area contributed by atoms with E-state index >= 15 is 0 Å². The van der Waals surface area contributed by atoms with E-state index in [4.69, 9.17) is 0 Å². The lowest BCUT2D eigenvalue weighted by Crippen LogP contribution is -2.25. The summed E-state index contributed by atoms with van der Waals surface area (Å²) in [7, 11) is 0. The van der Waals surface area contributed by atoms with Crippen molar-refractivity contribution in [3.63, 3.8) is 0 Å². The molecule has 19 heavy (non-hydrogen) atoms. The average Bonchev–Trinajstić information content (AvgIpc) is 2.89. The Hall–Kier alpha value is -1.88. The second kappa shape index (κ2) is 6.33. The molecule has 0 bridgehead atoms. The van der Waals surface area contributed by atoms with Crippen LogP contribution in [0.3, 0.4) is 0 Å². The number of rotatable bonds is 5. The molecule has 0 atom stereocenters. The molecule has 2 aromatic heterocycles. The number of hydrogen-bond donors (Lipinski definition) is 2. The van der Waals surface area contributed by atoms with Gasteiger partial charge in [0.15, 0.2) is 0 Å². The van der Waals surface area contributed by atoms with Gasteiger partial charge in [-0.15, -0.1) is 11.3 Å². The fourth-order valence-corrected chi connectivity index (χ4v) is 2.30. The summed E-state index contributed by atoms with van der Waals surface area (Å²) in [6, 6.07) is 7.76. The predicted octanol–water partition coefficient (Wildman–Crippen LogP) is 2.89. The maximum Gasteiger partial charge on any atom is 0.255 e. The molecule has 0 radical (unpaired) electrons. The molecule has 0 unspecified atom stereocenters. The zero-order valence-corrected chi connectivity index (χ0v) is 11.8. The fraction of sp³-hybridized carbons (Fsp3) is 0.286. The Labute approximate surface area is 116 Å². The highest BCUT2D eigenvalue weighted by molar-refractivity contribution is 7.09. The molecule has 2 N–H and O–H groups in total. The largest absolute Gasteiger partial charge is 0.367 e. The first kappa shape index (κ1) is 13.5. The minimum atomic E-state index is -0.107. The molecule has 2 aromatic rings. The summed E-state index contributed by atoms with van der Waals surface area (Å²) >= 11 is 1.63. The van der Waals surface area contributed by atoms with Crippen LogP contribution in [0.4, 0.5) is 5.82 Å². The van der Waals surface area contributed by atoms with E-state index < -0.39 is 0 Å². The third-order valence-electron chi connectivity index (χ3n) is 2.48. The molecule has 0 aliphatic rings. The van der Waals surface area contributed by atoms with Crippen LogP contribution in [0.25, 0.3) is 0 Å². The lowest BCUT2D eigenvalue weighted by Gasteiger charge is -2.13. The van der Waals surface area contributed by atoms with E-state index in [0.29, 0.717) is 17.9 Å². The van der Waals surface area contributed by atoms with E-state index in [1.54, 1.807) is 29.7 Å². The molecular formula is C14H17N3OS. The summed E-state index contributed by atoms with van der Waals surface area (Å²) in [5.41, 5.74) is 0.577. The van der Waals surface area contributed by atoms with Crippen LogP contribution in [0.2, 0.25) is 0 Å². The number of hydrogen-bond acceptors (Lipinski definition) is 4. The van der Waals surface area contributed by atoms with Gasteiger partial charge in [-0.25, -0.2) is 4.98 Å². The van der Waals surface area contributed by atoms with Gasteiger partial charge >= 0.3 is 0 Å². The Morgan fingerprint density at radius 2 is 2.21 bits per heavy atom. The van der Waals surface area contributed by atoms with Gasteiger partial charge in [-0.05, 0) is 37.4 Å². The predicted molar refractivity (Wildman–Crippen MR) is 78.5 cm³/mol. The zero-order valence-electron chi connectivity index (χ0n) is 11.0. The van der Waals surface area contributed by atoms with E-state index in [1.165, 1.54) is 0 Å². The van der Waals surface area contributed by atoms with Gasteiger partial charge in [0, 0.05) is 17.1 Å². The monoisotopic (exact) mass is 275 g/mol. The Kier molecular flexibility index (Phi) is 4.52. The Morgan fingerprint density at radius 3 is 2.89 bits per heavy atom. The Bertz CT molecular complexity index is 537. The van der Waals surface area contributed by atoms with Crippen LogP contribution in [-0.2, 0) is 6.54 Å². The van der Waals surface area contributed by atoms with Crippen LogP contribution in [0.1, 0.15) is 29.1 Å². The molecule has 0 saturated heterocycles. The minimum Gasteiger partial charge on any atom is -0.367 e. The van der Waals surface area contributed by atoms with Gasteiger partial charge < -0.3 is 10.6 Å². The van der Waals surface area contributed by atoms with Crippen LogP contribution in [0.15, 0.2) is 35.8 Å². The standard InChI is InChI=1S/C14H17N3OS/c1-10(2)17-13-12(6-3-7-15-13)14(18)16-9-11-5-4-8-19-11/h3-8,10H,9H2,1-2H3,(H,15,17)(H,16,18). The van der Waals surface area contributed by atoms with Gasteiger partial charge in [0.2, 0.25) is 0 Å². The van der Waals surface area contributed by atoms with Gasteiger partial charge in [0.25, 0.3) is 5.91 Å². The quantitative estimate of drug-likeness (QED) is 0.882. The zero-order chi connectivity index (χ0) is 13.7. The van der Waals surface area contributed by atoms with Crippen molar-refractivity contribution in [2.75, 3.05) is 5.32 Å². The van der Waals surface area contributed by atoms with E-state index in [9.17, 15) is 4.79 Å². The number of aromatic nitrogens is 1. The minimum absolute atomic E-state index is 0.107. The van der Waals surface area contributed by atoms with Crippen molar-refractivity contribution in [1.82, 2.24) is 10.3 Å². The number of nitrogens with one attached hydrogen (secondary N) is 2. The van der Waals surface area contributed by atoms with Gasteiger partial charge in [-0.2, -0.15) is 0 Å². The topological polar surface area (TPSA) is 54.0 Å². The molecule has 4 nitrogen and oxygen atoms in total. The number of nitrogens with zero attached hydrogens (tertiary/aromatic N) is 1. The maximum atomic E-state index is 12.2. The number of carbonyl (C=O) groups is 1. The SMILES string of the molecule is CC(C)Nc1ncccc1C(=O)NCc1cccs1. The smallest absolute Gasteiger partial charge is 0.255 e. The number of carbonyl (C=O) groups excluding carboxylic acids is 1. The first-order valence-corrected chi connectivity index (χ1v) is 7.07. The summed E-state index contributed by atoms with van der Waals surface area (Å²) < 4.78 is 0. The van der Waals surface area contributed by atoms with Gasteiger partial charge in [-0.3, -0.25) is 4.79 Å². The first-order chi connectivity index (χ1) is 9.16. The molecule has 0 spiro atoms. The Morgan fingerprint density at radius 1 is 1.37 bits per heavy atom. The molecule has 2 heterocycles. The van der Waals surface area contributed by atoms with Crippen molar-refractivity contribution in [2.45, 2.75) is 26.4 Å². The molecule has 0 aliphatic heterocycles. The molecule has 2 rings (SSSR count). The second-order valence-corrected chi connectivity index (χ2v) is 5.49. The third kappa shape index (κ3) is 3.79.